The van der Waals surface area contributed by atoms with Crippen molar-refractivity contribution in [3.63, 3.8) is 0 Å². The van der Waals surface area contributed by atoms with Gasteiger partial charge in [-0.3, -0.25) is 4.79 Å². The molecule has 21 heavy (non-hydrogen) atoms. The van der Waals surface area contributed by atoms with E-state index in [-0.39, 0.29) is 23.7 Å². The molecule has 1 atom stereocenters. The van der Waals surface area contributed by atoms with Crippen LogP contribution < -0.4 is 0 Å². The minimum Gasteiger partial charge on any atom is -0.370 e. The molecule has 1 amide bonds. The quantitative estimate of drug-likeness (QED) is 0.836. The van der Waals surface area contributed by atoms with Crippen LogP contribution in [-0.4, -0.2) is 30.5 Å². The van der Waals surface area contributed by atoms with E-state index in [0.717, 1.165) is 18.4 Å². The number of nitrogens with zero attached hydrogens (tertiary/aromatic N) is 1. The first kappa shape index (κ1) is 14.5. The molecule has 1 unspecified atom stereocenters. The van der Waals surface area contributed by atoms with E-state index in [9.17, 15) is 9.18 Å². The predicted octanol–water partition coefficient (Wildman–Crippen LogP) is 3.31. The lowest BCUT2D eigenvalue weighted by atomic mass is 9.88. The van der Waals surface area contributed by atoms with Gasteiger partial charge in [-0.05, 0) is 30.5 Å². The molecule has 114 valence electrons. The Hall–Kier alpha value is -1.42. The maximum Gasteiger partial charge on any atom is 0.225 e. The van der Waals surface area contributed by atoms with Crippen molar-refractivity contribution in [2.45, 2.75) is 38.2 Å². The Kier molecular flexibility index (Phi) is 4.54. The molecule has 1 aromatic carbocycles. The molecule has 1 aliphatic carbocycles. The number of amides is 1. The molecule has 0 aromatic heterocycles. The van der Waals surface area contributed by atoms with Gasteiger partial charge in [0.25, 0.3) is 0 Å². The van der Waals surface area contributed by atoms with Gasteiger partial charge in [-0.15, -0.1) is 0 Å². The molecule has 0 radical (unpaired) electrons. The smallest absolute Gasteiger partial charge is 0.225 e. The van der Waals surface area contributed by atoms with Gasteiger partial charge in [-0.2, -0.15) is 0 Å². The lowest BCUT2D eigenvalue weighted by molar-refractivity contribution is -0.144. The second-order valence-electron chi connectivity index (χ2n) is 6.03. The summed E-state index contributed by atoms with van der Waals surface area (Å²) in [6.07, 6.45) is 5.51. The summed E-state index contributed by atoms with van der Waals surface area (Å²) in [5.74, 6) is 0.237. The van der Waals surface area contributed by atoms with E-state index in [4.69, 9.17) is 4.74 Å². The summed E-state index contributed by atoms with van der Waals surface area (Å²) in [5, 5.41) is 0. The molecule has 1 saturated carbocycles. The zero-order valence-electron chi connectivity index (χ0n) is 12.3. The molecule has 0 bridgehead atoms. The van der Waals surface area contributed by atoms with Crippen molar-refractivity contribution in [3.05, 3.63) is 35.6 Å². The van der Waals surface area contributed by atoms with Gasteiger partial charge in [0.1, 0.15) is 11.9 Å². The van der Waals surface area contributed by atoms with E-state index in [0.29, 0.717) is 19.7 Å². The Morgan fingerprint density at radius 3 is 2.57 bits per heavy atom. The standard InChI is InChI=1S/C17H22FNO2/c18-15-8-6-13(7-9-15)16-12-19(10-11-21-16)17(20)14-4-2-1-3-5-14/h6-9,14,16H,1-5,10-12H2. The zero-order chi connectivity index (χ0) is 14.7. The lowest BCUT2D eigenvalue weighted by Crippen LogP contribution is -2.45. The number of rotatable bonds is 2. The van der Waals surface area contributed by atoms with E-state index >= 15 is 0 Å². The van der Waals surface area contributed by atoms with Crippen molar-refractivity contribution < 1.29 is 13.9 Å². The molecule has 1 heterocycles. The van der Waals surface area contributed by atoms with Crippen LogP contribution in [0.5, 0.6) is 0 Å². The van der Waals surface area contributed by atoms with Gasteiger partial charge in [0.2, 0.25) is 5.91 Å². The van der Waals surface area contributed by atoms with Gasteiger partial charge < -0.3 is 9.64 Å². The van der Waals surface area contributed by atoms with Crippen molar-refractivity contribution >= 4 is 5.91 Å². The number of carbonyl (C=O) groups is 1. The highest BCUT2D eigenvalue weighted by molar-refractivity contribution is 5.79. The molecule has 2 fully saturated rings. The Labute approximate surface area is 125 Å². The first-order valence-electron chi connectivity index (χ1n) is 7.90. The fourth-order valence-corrected chi connectivity index (χ4v) is 3.34. The van der Waals surface area contributed by atoms with Gasteiger partial charge >= 0.3 is 0 Å². The number of benzene rings is 1. The topological polar surface area (TPSA) is 29.5 Å². The third-order valence-electron chi connectivity index (χ3n) is 4.57. The van der Waals surface area contributed by atoms with Crippen molar-refractivity contribution in [2.75, 3.05) is 19.7 Å². The second-order valence-corrected chi connectivity index (χ2v) is 6.03. The summed E-state index contributed by atoms with van der Waals surface area (Å²) in [4.78, 5) is 14.5. The summed E-state index contributed by atoms with van der Waals surface area (Å²) in [7, 11) is 0. The minimum atomic E-state index is -0.246. The van der Waals surface area contributed by atoms with Crippen LogP contribution in [0.2, 0.25) is 0 Å². The monoisotopic (exact) mass is 291 g/mol. The fourth-order valence-electron chi connectivity index (χ4n) is 3.34. The second kappa shape index (κ2) is 6.56. The van der Waals surface area contributed by atoms with Crippen LogP contribution in [0.15, 0.2) is 24.3 Å². The lowest BCUT2D eigenvalue weighted by Gasteiger charge is -2.36. The van der Waals surface area contributed by atoms with E-state index < -0.39 is 0 Å². The first-order valence-corrected chi connectivity index (χ1v) is 7.90. The summed E-state index contributed by atoms with van der Waals surface area (Å²) in [6.45, 7) is 1.81. The van der Waals surface area contributed by atoms with Crippen LogP contribution in [0.4, 0.5) is 4.39 Å². The Morgan fingerprint density at radius 2 is 1.86 bits per heavy atom. The Bertz CT molecular complexity index is 482. The van der Waals surface area contributed by atoms with Gasteiger partial charge in [0.05, 0.1) is 13.2 Å². The summed E-state index contributed by atoms with van der Waals surface area (Å²) >= 11 is 0. The van der Waals surface area contributed by atoms with Crippen molar-refractivity contribution in [1.82, 2.24) is 4.90 Å². The van der Waals surface area contributed by atoms with Crippen LogP contribution in [0, 0.1) is 11.7 Å². The first-order chi connectivity index (χ1) is 10.2. The molecule has 3 nitrogen and oxygen atoms in total. The molecule has 1 aliphatic heterocycles. The van der Waals surface area contributed by atoms with Gasteiger partial charge in [-0.1, -0.05) is 31.4 Å². The summed E-state index contributed by atoms with van der Waals surface area (Å²) in [6, 6.07) is 6.38. The van der Waals surface area contributed by atoms with E-state index in [1.54, 1.807) is 12.1 Å². The summed E-state index contributed by atoms with van der Waals surface area (Å²) in [5.41, 5.74) is 0.942. The average molecular weight is 291 g/mol. The predicted molar refractivity (Wildman–Crippen MR) is 78.2 cm³/mol. The van der Waals surface area contributed by atoms with Gasteiger partial charge in [0, 0.05) is 12.5 Å². The van der Waals surface area contributed by atoms with Gasteiger partial charge in [-0.25, -0.2) is 4.39 Å². The molecular formula is C17H22FNO2. The molecule has 0 spiro atoms. The van der Waals surface area contributed by atoms with Crippen LogP contribution in [0.3, 0.4) is 0 Å². The number of carbonyl (C=O) groups excluding carboxylic acids is 1. The molecule has 3 rings (SSSR count). The maximum absolute atomic E-state index is 13.0. The molecular weight excluding hydrogens is 269 g/mol. The fraction of sp³-hybridized carbons (Fsp3) is 0.588. The maximum atomic E-state index is 13.0. The highest BCUT2D eigenvalue weighted by Crippen LogP contribution is 2.28. The molecule has 0 N–H and O–H groups in total. The number of halogens is 1. The molecule has 1 aromatic rings. The van der Waals surface area contributed by atoms with E-state index in [2.05, 4.69) is 0 Å². The van der Waals surface area contributed by atoms with Crippen LogP contribution in [-0.2, 0) is 9.53 Å². The third-order valence-corrected chi connectivity index (χ3v) is 4.57. The van der Waals surface area contributed by atoms with Crippen molar-refractivity contribution in [3.8, 4) is 0 Å². The Balaban J connectivity index is 1.64. The van der Waals surface area contributed by atoms with Crippen molar-refractivity contribution in [2.24, 2.45) is 5.92 Å². The minimum absolute atomic E-state index is 0.133. The molecule has 2 aliphatic rings. The Morgan fingerprint density at radius 1 is 1.14 bits per heavy atom. The molecule has 4 heteroatoms. The normalized spacial score (nSPS) is 24.0. The SMILES string of the molecule is O=C(C1CCCCC1)N1CCOC(c2ccc(F)cc2)C1. The number of hydrogen-bond acceptors (Lipinski definition) is 2. The number of morpholine rings is 1. The van der Waals surface area contributed by atoms with Crippen LogP contribution >= 0.6 is 0 Å². The zero-order valence-corrected chi connectivity index (χ0v) is 12.3. The van der Waals surface area contributed by atoms with E-state index in [1.165, 1.54) is 31.4 Å². The third kappa shape index (κ3) is 3.43. The number of hydrogen-bond donors (Lipinski definition) is 0. The largest absolute Gasteiger partial charge is 0.370 e. The average Bonchev–Trinajstić information content (AvgIpc) is 2.56. The van der Waals surface area contributed by atoms with Crippen LogP contribution in [0.1, 0.15) is 43.8 Å². The van der Waals surface area contributed by atoms with Gasteiger partial charge in [0.15, 0.2) is 0 Å². The molecule has 1 saturated heterocycles. The van der Waals surface area contributed by atoms with E-state index in [1.807, 2.05) is 4.90 Å². The van der Waals surface area contributed by atoms with Crippen LogP contribution in [0.25, 0.3) is 0 Å². The number of ether oxygens (including phenoxy) is 1. The summed E-state index contributed by atoms with van der Waals surface area (Å²) < 4.78 is 18.8. The highest BCUT2D eigenvalue weighted by Gasteiger charge is 2.30. The van der Waals surface area contributed by atoms with Crippen molar-refractivity contribution in [1.29, 1.82) is 0 Å². The highest BCUT2D eigenvalue weighted by atomic mass is 19.1.